The maximum Gasteiger partial charge on any atom is 0.138 e. The van der Waals surface area contributed by atoms with Crippen molar-refractivity contribution in [3.8, 4) is 0 Å². The van der Waals surface area contributed by atoms with E-state index in [0.29, 0.717) is 6.10 Å². The van der Waals surface area contributed by atoms with Crippen LogP contribution >= 0.6 is 0 Å². The smallest absolute Gasteiger partial charge is 0.138 e. The third kappa shape index (κ3) is 4.84. The highest BCUT2D eigenvalue weighted by atomic mass is 16.5. The molecule has 1 saturated heterocycles. The molecule has 1 aromatic heterocycles. The highest BCUT2D eigenvalue weighted by Gasteiger charge is 2.20. The average molecular weight is 292 g/mol. The highest BCUT2D eigenvalue weighted by Crippen LogP contribution is 2.22. The van der Waals surface area contributed by atoms with Gasteiger partial charge in [-0.05, 0) is 26.2 Å². The summed E-state index contributed by atoms with van der Waals surface area (Å²) in [4.78, 5) is 9.25. The van der Waals surface area contributed by atoms with Crippen LogP contribution in [-0.4, -0.2) is 35.8 Å². The van der Waals surface area contributed by atoms with Crippen LogP contribution < -0.4 is 10.6 Å². The van der Waals surface area contributed by atoms with E-state index in [-0.39, 0.29) is 5.41 Å². The fraction of sp³-hybridized carbons (Fsp3) is 0.750. The van der Waals surface area contributed by atoms with E-state index in [1.807, 2.05) is 6.07 Å². The first-order valence-corrected chi connectivity index (χ1v) is 7.98. The van der Waals surface area contributed by atoms with E-state index >= 15 is 0 Å². The zero-order chi connectivity index (χ0) is 15.3. The Bertz CT molecular complexity index is 450. The molecule has 1 atom stereocenters. The Morgan fingerprint density at radius 3 is 2.48 bits per heavy atom. The van der Waals surface area contributed by atoms with Crippen molar-refractivity contribution in [2.24, 2.45) is 0 Å². The summed E-state index contributed by atoms with van der Waals surface area (Å²) in [5.41, 5.74) is -0.0663. The SMILES string of the molecule is CCNc1cc(NCC2CCCCO2)nc(C(C)(C)C)n1. The average Bonchev–Trinajstić information content (AvgIpc) is 2.45. The molecule has 2 rings (SSSR count). The second-order valence-electron chi connectivity index (χ2n) is 6.61. The van der Waals surface area contributed by atoms with Gasteiger partial charge in [0, 0.05) is 31.2 Å². The Labute approximate surface area is 127 Å². The Morgan fingerprint density at radius 2 is 1.90 bits per heavy atom. The second kappa shape index (κ2) is 7.07. The molecular weight excluding hydrogens is 264 g/mol. The summed E-state index contributed by atoms with van der Waals surface area (Å²) < 4.78 is 5.75. The molecular formula is C16H28N4O. The first-order chi connectivity index (χ1) is 9.99. The molecule has 1 unspecified atom stereocenters. The zero-order valence-electron chi connectivity index (χ0n) is 13.7. The summed E-state index contributed by atoms with van der Waals surface area (Å²) in [5, 5.41) is 6.69. The summed E-state index contributed by atoms with van der Waals surface area (Å²) in [6.07, 6.45) is 3.87. The number of hydrogen-bond acceptors (Lipinski definition) is 5. The lowest BCUT2D eigenvalue weighted by atomic mass is 9.96. The molecule has 1 aliphatic heterocycles. The molecule has 0 amide bonds. The van der Waals surface area contributed by atoms with Crippen molar-refractivity contribution in [3.63, 3.8) is 0 Å². The molecule has 2 N–H and O–H groups in total. The molecule has 0 spiro atoms. The minimum absolute atomic E-state index is 0.0663. The van der Waals surface area contributed by atoms with Crippen molar-refractivity contribution in [1.29, 1.82) is 0 Å². The van der Waals surface area contributed by atoms with Crippen LogP contribution in [-0.2, 0) is 10.2 Å². The maximum absolute atomic E-state index is 5.75. The molecule has 118 valence electrons. The number of anilines is 2. The number of nitrogens with one attached hydrogen (secondary N) is 2. The Balaban J connectivity index is 2.07. The lowest BCUT2D eigenvalue weighted by Gasteiger charge is -2.24. The quantitative estimate of drug-likeness (QED) is 0.873. The van der Waals surface area contributed by atoms with Gasteiger partial charge in [0.15, 0.2) is 0 Å². The molecule has 0 aromatic carbocycles. The van der Waals surface area contributed by atoms with Crippen LogP contribution in [0.1, 0.15) is 52.8 Å². The summed E-state index contributed by atoms with van der Waals surface area (Å²) in [6, 6.07) is 1.97. The maximum atomic E-state index is 5.75. The van der Waals surface area contributed by atoms with Crippen LogP contribution in [0.5, 0.6) is 0 Å². The summed E-state index contributed by atoms with van der Waals surface area (Å²) in [7, 11) is 0. The van der Waals surface area contributed by atoms with Gasteiger partial charge in [-0.25, -0.2) is 9.97 Å². The minimum Gasteiger partial charge on any atom is -0.376 e. The van der Waals surface area contributed by atoms with Gasteiger partial charge >= 0.3 is 0 Å². The van der Waals surface area contributed by atoms with Crippen LogP contribution in [0, 0.1) is 0 Å². The van der Waals surface area contributed by atoms with Gasteiger partial charge in [0.1, 0.15) is 17.5 Å². The highest BCUT2D eigenvalue weighted by molar-refractivity contribution is 5.48. The van der Waals surface area contributed by atoms with Gasteiger partial charge in [-0.1, -0.05) is 20.8 Å². The van der Waals surface area contributed by atoms with Crippen molar-refractivity contribution in [1.82, 2.24) is 9.97 Å². The van der Waals surface area contributed by atoms with Crippen molar-refractivity contribution in [2.45, 2.75) is 58.5 Å². The normalized spacial score (nSPS) is 19.3. The van der Waals surface area contributed by atoms with Crippen LogP contribution in [0.3, 0.4) is 0 Å². The number of hydrogen-bond donors (Lipinski definition) is 2. The second-order valence-corrected chi connectivity index (χ2v) is 6.61. The zero-order valence-corrected chi connectivity index (χ0v) is 13.7. The van der Waals surface area contributed by atoms with Crippen molar-refractivity contribution in [2.75, 3.05) is 30.3 Å². The van der Waals surface area contributed by atoms with Gasteiger partial charge in [-0.15, -0.1) is 0 Å². The monoisotopic (exact) mass is 292 g/mol. The van der Waals surface area contributed by atoms with E-state index in [2.05, 4.69) is 48.3 Å². The molecule has 1 aliphatic rings. The van der Waals surface area contributed by atoms with Gasteiger partial charge in [-0.2, -0.15) is 0 Å². The largest absolute Gasteiger partial charge is 0.376 e. The first-order valence-electron chi connectivity index (χ1n) is 7.98. The van der Waals surface area contributed by atoms with Crippen molar-refractivity contribution >= 4 is 11.6 Å². The van der Waals surface area contributed by atoms with E-state index in [9.17, 15) is 0 Å². The molecule has 0 radical (unpaired) electrons. The molecule has 1 fully saturated rings. The van der Waals surface area contributed by atoms with Crippen molar-refractivity contribution in [3.05, 3.63) is 11.9 Å². The fourth-order valence-electron chi connectivity index (χ4n) is 2.33. The van der Waals surface area contributed by atoms with Gasteiger partial charge in [0.05, 0.1) is 6.10 Å². The molecule has 0 bridgehead atoms. The number of rotatable bonds is 5. The van der Waals surface area contributed by atoms with E-state index < -0.39 is 0 Å². The van der Waals surface area contributed by atoms with Gasteiger partial charge in [0.25, 0.3) is 0 Å². The van der Waals surface area contributed by atoms with E-state index in [0.717, 1.165) is 43.6 Å². The standard InChI is InChI=1S/C16H28N4O/c1-5-17-13-10-14(20-15(19-13)16(2,3)4)18-11-12-8-6-7-9-21-12/h10,12H,5-9,11H2,1-4H3,(H2,17,18,19,20). The fourth-order valence-corrected chi connectivity index (χ4v) is 2.33. The van der Waals surface area contributed by atoms with Gasteiger partial charge in [0.2, 0.25) is 0 Å². The molecule has 2 heterocycles. The Morgan fingerprint density at radius 1 is 1.19 bits per heavy atom. The van der Waals surface area contributed by atoms with E-state index in [1.165, 1.54) is 12.8 Å². The molecule has 0 saturated carbocycles. The lowest BCUT2D eigenvalue weighted by Crippen LogP contribution is -2.27. The topological polar surface area (TPSA) is 59.1 Å². The third-order valence-corrected chi connectivity index (χ3v) is 3.54. The molecule has 21 heavy (non-hydrogen) atoms. The minimum atomic E-state index is -0.0663. The summed E-state index contributed by atoms with van der Waals surface area (Å²) in [6.45, 7) is 11.0. The number of aromatic nitrogens is 2. The number of ether oxygens (including phenoxy) is 1. The Kier molecular flexibility index (Phi) is 5.39. The van der Waals surface area contributed by atoms with E-state index in [1.54, 1.807) is 0 Å². The van der Waals surface area contributed by atoms with Gasteiger partial charge < -0.3 is 15.4 Å². The molecule has 0 aliphatic carbocycles. The molecule has 5 heteroatoms. The van der Waals surface area contributed by atoms with Crippen LogP contribution in [0.2, 0.25) is 0 Å². The van der Waals surface area contributed by atoms with Crippen LogP contribution in [0.4, 0.5) is 11.6 Å². The Hall–Kier alpha value is -1.36. The third-order valence-electron chi connectivity index (χ3n) is 3.54. The molecule has 5 nitrogen and oxygen atoms in total. The summed E-state index contributed by atoms with van der Waals surface area (Å²) >= 11 is 0. The van der Waals surface area contributed by atoms with Crippen LogP contribution in [0.25, 0.3) is 0 Å². The lowest BCUT2D eigenvalue weighted by molar-refractivity contribution is 0.0247. The predicted octanol–water partition coefficient (Wildman–Crippen LogP) is 3.19. The predicted molar refractivity (Wildman–Crippen MR) is 87.0 cm³/mol. The van der Waals surface area contributed by atoms with E-state index in [4.69, 9.17) is 4.74 Å². The first kappa shape index (κ1) is 16.0. The number of nitrogens with zero attached hydrogens (tertiary/aromatic N) is 2. The van der Waals surface area contributed by atoms with Crippen molar-refractivity contribution < 1.29 is 4.74 Å². The van der Waals surface area contributed by atoms with Gasteiger partial charge in [-0.3, -0.25) is 0 Å². The molecule has 1 aromatic rings. The van der Waals surface area contributed by atoms with Crippen LogP contribution in [0.15, 0.2) is 6.07 Å². The summed E-state index contributed by atoms with van der Waals surface area (Å²) in [5.74, 6) is 2.61.